The molecule has 0 unspecified atom stereocenters. The van der Waals surface area contributed by atoms with Crippen LogP contribution in [0.25, 0.3) is 0 Å². The van der Waals surface area contributed by atoms with Crippen molar-refractivity contribution >= 4 is 23.0 Å². The number of hydrogen-bond donors (Lipinski definition) is 0. The van der Waals surface area contributed by atoms with Crippen molar-refractivity contribution in [3.05, 3.63) is 51.7 Å². The highest BCUT2D eigenvalue weighted by Gasteiger charge is 2.26. The van der Waals surface area contributed by atoms with Gasteiger partial charge in [0.25, 0.3) is 5.91 Å². The number of thiophene rings is 1. The number of ketones is 1. The molecule has 0 atom stereocenters. The molecule has 1 amide bonds. The Kier molecular flexibility index (Phi) is 8.27. The summed E-state index contributed by atoms with van der Waals surface area (Å²) < 4.78 is 5.49. The molecule has 168 valence electrons. The number of carbonyl (C=O) groups is 2. The number of nitrogens with zero attached hydrogens (tertiary/aromatic N) is 2. The quantitative estimate of drug-likeness (QED) is 0.515. The van der Waals surface area contributed by atoms with E-state index in [-0.39, 0.29) is 11.7 Å². The predicted octanol–water partition coefficient (Wildman–Crippen LogP) is 4.97. The molecule has 0 aliphatic carbocycles. The van der Waals surface area contributed by atoms with Crippen LogP contribution >= 0.6 is 11.3 Å². The van der Waals surface area contributed by atoms with E-state index in [0.717, 1.165) is 51.3 Å². The van der Waals surface area contributed by atoms with E-state index in [9.17, 15) is 9.59 Å². The first-order chi connectivity index (χ1) is 14.9. The molecule has 3 rings (SSSR count). The van der Waals surface area contributed by atoms with E-state index in [0.29, 0.717) is 21.6 Å². The Morgan fingerprint density at radius 1 is 1.13 bits per heavy atom. The number of methoxy groups -OCH3 is 1. The molecule has 1 aromatic carbocycles. The Morgan fingerprint density at radius 3 is 2.42 bits per heavy atom. The number of carbonyl (C=O) groups excluding carboxylic acids is 2. The molecule has 1 aliphatic heterocycles. The first-order valence-electron chi connectivity index (χ1n) is 11.1. The van der Waals surface area contributed by atoms with Gasteiger partial charge in [0.05, 0.1) is 16.9 Å². The monoisotopic (exact) mass is 442 g/mol. The van der Waals surface area contributed by atoms with Gasteiger partial charge in [0.15, 0.2) is 5.78 Å². The number of ether oxygens (including phenoxy) is 1. The first-order valence-corrected chi connectivity index (χ1v) is 11.9. The van der Waals surface area contributed by atoms with Crippen molar-refractivity contribution in [1.29, 1.82) is 0 Å². The molecule has 2 heterocycles. The molecule has 0 N–H and O–H groups in total. The predicted molar refractivity (Wildman–Crippen MR) is 126 cm³/mol. The Balaban J connectivity index is 1.58. The van der Waals surface area contributed by atoms with Gasteiger partial charge >= 0.3 is 0 Å². The van der Waals surface area contributed by atoms with E-state index in [4.69, 9.17) is 4.74 Å². The first kappa shape index (κ1) is 23.5. The molecular formula is C25H34N2O3S. The van der Waals surface area contributed by atoms with E-state index in [1.807, 2.05) is 17.0 Å². The van der Waals surface area contributed by atoms with Gasteiger partial charge < -0.3 is 9.64 Å². The van der Waals surface area contributed by atoms with Crippen LogP contribution in [0.5, 0.6) is 5.75 Å². The van der Waals surface area contributed by atoms with E-state index < -0.39 is 0 Å². The zero-order chi connectivity index (χ0) is 22.4. The van der Waals surface area contributed by atoms with Crippen molar-refractivity contribution in [3.63, 3.8) is 0 Å². The van der Waals surface area contributed by atoms with Crippen LogP contribution in [0.1, 0.15) is 58.5 Å². The van der Waals surface area contributed by atoms with Crippen molar-refractivity contribution in [2.24, 2.45) is 11.8 Å². The number of benzene rings is 1. The van der Waals surface area contributed by atoms with Gasteiger partial charge in [-0.2, -0.15) is 0 Å². The highest BCUT2D eigenvalue weighted by Crippen LogP contribution is 2.26. The molecule has 31 heavy (non-hydrogen) atoms. The molecule has 5 nitrogen and oxygen atoms in total. The van der Waals surface area contributed by atoms with Crippen molar-refractivity contribution < 1.29 is 14.3 Å². The molecule has 6 heteroatoms. The van der Waals surface area contributed by atoms with Gasteiger partial charge in [-0.05, 0) is 62.9 Å². The van der Waals surface area contributed by atoms with Crippen molar-refractivity contribution in [2.75, 3.05) is 33.3 Å². The smallest absolute Gasteiger partial charge is 0.263 e. The van der Waals surface area contributed by atoms with Crippen LogP contribution in [0.3, 0.4) is 0 Å². The van der Waals surface area contributed by atoms with Crippen molar-refractivity contribution in [3.8, 4) is 5.75 Å². The highest BCUT2D eigenvalue weighted by molar-refractivity contribution is 7.15. The van der Waals surface area contributed by atoms with E-state index >= 15 is 0 Å². The normalized spacial score (nSPS) is 15.3. The number of amides is 1. The summed E-state index contributed by atoms with van der Waals surface area (Å²) in [5, 5.41) is 0. The lowest BCUT2D eigenvalue weighted by molar-refractivity contribution is 0.0668. The molecule has 0 saturated carbocycles. The van der Waals surface area contributed by atoms with E-state index in [2.05, 4.69) is 30.9 Å². The average Bonchev–Trinajstić information content (AvgIpc) is 3.25. The van der Waals surface area contributed by atoms with Gasteiger partial charge in [0, 0.05) is 25.2 Å². The molecule has 1 fully saturated rings. The van der Waals surface area contributed by atoms with E-state index in [1.165, 1.54) is 16.9 Å². The van der Waals surface area contributed by atoms with Crippen LogP contribution in [0.2, 0.25) is 0 Å². The lowest BCUT2D eigenvalue weighted by atomic mass is 9.95. The molecule has 0 radical (unpaired) electrons. The van der Waals surface area contributed by atoms with Crippen LogP contribution in [-0.2, 0) is 6.54 Å². The SMILES string of the molecule is COc1ccccc1CN1CCC(CN(CC(C)C)C(=O)c2ccc(C(C)=O)s2)CC1. The van der Waals surface area contributed by atoms with Gasteiger partial charge in [0.1, 0.15) is 5.75 Å². The summed E-state index contributed by atoms with van der Waals surface area (Å²) in [6, 6.07) is 11.8. The summed E-state index contributed by atoms with van der Waals surface area (Å²) >= 11 is 1.31. The Labute approximate surface area is 190 Å². The minimum atomic E-state index is 0.0156. The number of rotatable bonds is 9. The third-order valence-electron chi connectivity index (χ3n) is 5.81. The number of hydrogen-bond acceptors (Lipinski definition) is 5. The minimum Gasteiger partial charge on any atom is -0.496 e. The molecule has 1 aliphatic rings. The molecule has 0 spiro atoms. The van der Waals surface area contributed by atoms with Crippen LogP contribution in [0, 0.1) is 11.8 Å². The maximum atomic E-state index is 13.2. The summed E-state index contributed by atoms with van der Waals surface area (Å²) in [5.74, 6) is 1.93. The lowest BCUT2D eigenvalue weighted by Crippen LogP contribution is -2.42. The molecular weight excluding hydrogens is 408 g/mol. The van der Waals surface area contributed by atoms with Gasteiger partial charge in [0.2, 0.25) is 0 Å². The zero-order valence-corrected chi connectivity index (χ0v) is 19.9. The Hall–Kier alpha value is -2.18. The Morgan fingerprint density at radius 2 is 1.81 bits per heavy atom. The maximum absolute atomic E-state index is 13.2. The van der Waals surface area contributed by atoms with Gasteiger partial charge in [-0.25, -0.2) is 0 Å². The average molecular weight is 443 g/mol. The molecule has 1 saturated heterocycles. The Bertz CT molecular complexity index is 884. The third-order valence-corrected chi connectivity index (χ3v) is 6.98. The van der Waals surface area contributed by atoms with Crippen LogP contribution in [0.15, 0.2) is 36.4 Å². The highest BCUT2D eigenvalue weighted by atomic mass is 32.1. The fourth-order valence-corrected chi connectivity index (χ4v) is 5.06. The molecule has 0 bridgehead atoms. The van der Waals surface area contributed by atoms with Gasteiger partial charge in [-0.1, -0.05) is 32.0 Å². The largest absolute Gasteiger partial charge is 0.496 e. The van der Waals surface area contributed by atoms with Crippen molar-refractivity contribution in [2.45, 2.75) is 40.2 Å². The number of piperidine rings is 1. The minimum absolute atomic E-state index is 0.0156. The van der Waals surface area contributed by atoms with Crippen LogP contribution in [0.4, 0.5) is 0 Å². The number of para-hydroxylation sites is 1. The number of Topliss-reactive ketones (excluding diaryl/α,β-unsaturated/α-hetero) is 1. The van der Waals surface area contributed by atoms with Crippen LogP contribution in [-0.4, -0.2) is 54.8 Å². The topological polar surface area (TPSA) is 49.9 Å². The summed E-state index contributed by atoms with van der Waals surface area (Å²) in [6.07, 6.45) is 2.17. The van der Waals surface area contributed by atoms with Crippen LogP contribution < -0.4 is 4.74 Å². The van der Waals surface area contributed by atoms with Gasteiger partial charge in [-0.15, -0.1) is 11.3 Å². The third kappa shape index (κ3) is 6.40. The summed E-state index contributed by atoms with van der Waals surface area (Å²) in [4.78, 5) is 30.6. The summed E-state index contributed by atoms with van der Waals surface area (Å²) in [7, 11) is 1.72. The number of likely N-dealkylation sites (tertiary alicyclic amines) is 1. The second-order valence-electron chi connectivity index (χ2n) is 8.86. The zero-order valence-electron chi connectivity index (χ0n) is 19.1. The standard InChI is InChI=1S/C25H34N2O3S/c1-18(2)15-27(25(29)24-10-9-23(31-24)19(3)28)16-20-11-13-26(14-12-20)17-21-7-5-6-8-22(21)30-4/h5-10,18,20H,11-17H2,1-4H3. The summed E-state index contributed by atoms with van der Waals surface area (Å²) in [6.45, 7) is 10.3. The second-order valence-corrected chi connectivity index (χ2v) is 9.94. The molecule has 2 aromatic rings. The second kappa shape index (κ2) is 10.9. The fourth-order valence-electron chi connectivity index (χ4n) is 4.19. The summed E-state index contributed by atoms with van der Waals surface area (Å²) in [5.41, 5.74) is 1.22. The maximum Gasteiger partial charge on any atom is 0.263 e. The fraction of sp³-hybridized carbons (Fsp3) is 0.520. The lowest BCUT2D eigenvalue weighted by Gasteiger charge is -2.35. The molecule has 1 aromatic heterocycles. The van der Waals surface area contributed by atoms with E-state index in [1.54, 1.807) is 26.2 Å². The van der Waals surface area contributed by atoms with Crippen molar-refractivity contribution in [1.82, 2.24) is 9.80 Å². The van der Waals surface area contributed by atoms with Gasteiger partial charge in [-0.3, -0.25) is 14.5 Å².